The van der Waals surface area contributed by atoms with Crippen molar-refractivity contribution < 1.29 is 13.5 Å². The Balaban J connectivity index is 2.00. The van der Waals surface area contributed by atoms with E-state index in [2.05, 4.69) is 10.3 Å². The first kappa shape index (κ1) is 12.8. The summed E-state index contributed by atoms with van der Waals surface area (Å²) in [6.45, 7) is 0.305. The van der Waals surface area contributed by atoms with Gasteiger partial charge in [-0.2, -0.15) is 4.98 Å². The van der Waals surface area contributed by atoms with E-state index in [1.807, 2.05) is 17.5 Å². The Bertz CT molecular complexity index is 517. The molecule has 2 heterocycles. The van der Waals surface area contributed by atoms with Gasteiger partial charge >= 0.3 is 0 Å². The summed E-state index contributed by atoms with van der Waals surface area (Å²) in [4.78, 5) is 4.87. The third-order valence-corrected chi connectivity index (χ3v) is 3.24. The lowest BCUT2D eigenvalue weighted by atomic mass is 10.3. The fourth-order valence-electron chi connectivity index (χ4n) is 1.43. The van der Waals surface area contributed by atoms with Crippen LogP contribution in [0.3, 0.4) is 0 Å². The van der Waals surface area contributed by atoms with E-state index in [1.165, 1.54) is 7.05 Å². The number of ether oxygens (including phenoxy) is 1. The highest BCUT2D eigenvalue weighted by Crippen LogP contribution is 2.20. The van der Waals surface area contributed by atoms with Crippen LogP contribution in [0, 0.1) is 11.6 Å². The minimum absolute atomic E-state index is 0.0254. The van der Waals surface area contributed by atoms with Crippen LogP contribution in [0.25, 0.3) is 0 Å². The highest BCUT2D eigenvalue weighted by Gasteiger charge is 2.12. The van der Waals surface area contributed by atoms with Crippen molar-refractivity contribution in [3.05, 3.63) is 40.1 Å². The van der Waals surface area contributed by atoms with Crippen molar-refractivity contribution in [1.29, 1.82) is 0 Å². The second-order valence-electron chi connectivity index (χ2n) is 3.53. The van der Waals surface area contributed by atoms with Gasteiger partial charge in [0.25, 0.3) is 5.88 Å². The van der Waals surface area contributed by atoms with Crippen LogP contribution < -0.4 is 10.1 Å². The Labute approximate surface area is 107 Å². The summed E-state index contributed by atoms with van der Waals surface area (Å²) >= 11 is 1.61. The van der Waals surface area contributed by atoms with Crippen LogP contribution in [0.15, 0.2) is 23.6 Å². The van der Waals surface area contributed by atoms with E-state index in [0.717, 1.165) is 10.9 Å². The molecule has 0 spiro atoms. The van der Waals surface area contributed by atoms with Crippen LogP contribution in [0.5, 0.6) is 5.88 Å². The number of aromatic nitrogens is 1. The fraction of sp³-hybridized carbons (Fsp3) is 0.250. The zero-order chi connectivity index (χ0) is 13.0. The third kappa shape index (κ3) is 2.95. The summed E-state index contributed by atoms with van der Waals surface area (Å²) in [6, 6.07) is 4.68. The molecule has 0 fully saturated rings. The van der Waals surface area contributed by atoms with Gasteiger partial charge in [-0.1, -0.05) is 6.07 Å². The third-order valence-electron chi connectivity index (χ3n) is 2.30. The summed E-state index contributed by atoms with van der Waals surface area (Å²) < 4.78 is 31.8. The van der Waals surface area contributed by atoms with Gasteiger partial charge in [0.05, 0.1) is 6.61 Å². The van der Waals surface area contributed by atoms with E-state index in [4.69, 9.17) is 4.74 Å². The van der Waals surface area contributed by atoms with Gasteiger partial charge in [0, 0.05) is 24.4 Å². The topological polar surface area (TPSA) is 34.2 Å². The Morgan fingerprint density at radius 3 is 2.89 bits per heavy atom. The van der Waals surface area contributed by atoms with Crippen molar-refractivity contribution >= 4 is 17.2 Å². The molecular formula is C12H12F2N2OS. The van der Waals surface area contributed by atoms with E-state index < -0.39 is 11.6 Å². The molecule has 2 rings (SSSR count). The fourth-order valence-corrected chi connectivity index (χ4v) is 2.12. The molecule has 96 valence electrons. The van der Waals surface area contributed by atoms with E-state index in [0.29, 0.717) is 13.0 Å². The van der Waals surface area contributed by atoms with Gasteiger partial charge in [-0.3, -0.25) is 0 Å². The first-order valence-corrected chi connectivity index (χ1v) is 6.27. The van der Waals surface area contributed by atoms with Crippen LogP contribution in [0.2, 0.25) is 0 Å². The van der Waals surface area contributed by atoms with Gasteiger partial charge in [0.15, 0.2) is 17.5 Å². The van der Waals surface area contributed by atoms with Crippen LogP contribution >= 0.6 is 11.3 Å². The number of thiophene rings is 1. The summed E-state index contributed by atoms with van der Waals surface area (Å²) in [5.74, 6) is -1.74. The Kier molecular flexibility index (Phi) is 4.09. The molecule has 0 radical (unpaired) electrons. The molecule has 3 nitrogen and oxygen atoms in total. The lowest BCUT2D eigenvalue weighted by molar-refractivity contribution is 0.292. The van der Waals surface area contributed by atoms with Crippen LogP contribution in [0.4, 0.5) is 14.6 Å². The number of nitrogens with one attached hydrogen (secondary N) is 1. The SMILES string of the molecule is CNc1nc(OCCc2cccs2)c(F)cc1F. The second-order valence-corrected chi connectivity index (χ2v) is 4.57. The predicted octanol–water partition coefficient (Wildman–Crippen LogP) is 3.08. The molecule has 2 aromatic heterocycles. The summed E-state index contributed by atoms with van der Waals surface area (Å²) in [7, 11) is 1.51. The maximum absolute atomic E-state index is 13.4. The molecule has 0 aromatic carbocycles. The smallest absolute Gasteiger partial charge is 0.252 e. The lowest BCUT2D eigenvalue weighted by Crippen LogP contribution is -2.06. The van der Waals surface area contributed by atoms with E-state index in [9.17, 15) is 8.78 Å². The number of pyridine rings is 1. The van der Waals surface area contributed by atoms with Crippen molar-refractivity contribution in [2.45, 2.75) is 6.42 Å². The van der Waals surface area contributed by atoms with Crippen molar-refractivity contribution in [2.75, 3.05) is 19.0 Å². The molecule has 0 aliphatic heterocycles. The summed E-state index contributed by atoms with van der Waals surface area (Å²) in [5.41, 5.74) is 0. The molecule has 0 unspecified atom stereocenters. The molecule has 2 aromatic rings. The maximum atomic E-state index is 13.4. The maximum Gasteiger partial charge on any atom is 0.252 e. The minimum Gasteiger partial charge on any atom is -0.475 e. The predicted molar refractivity (Wildman–Crippen MR) is 67.2 cm³/mol. The zero-order valence-corrected chi connectivity index (χ0v) is 10.6. The first-order valence-electron chi connectivity index (χ1n) is 5.39. The monoisotopic (exact) mass is 270 g/mol. The zero-order valence-electron chi connectivity index (χ0n) is 9.74. The molecule has 18 heavy (non-hydrogen) atoms. The molecule has 0 saturated heterocycles. The van der Waals surface area contributed by atoms with Gasteiger partial charge in [0.1, 0.15) is 0 Å². The van der Waals surface area contributed by atoms with Crippen LogP contribution in [-0.4, -0.2) is 18.6 Å². The van der Waals surface area contributed by atoms with Crippen LogP contribution in [0.1, 0.15) is 4.88 Å². The van der Waals surface area contributed by atoms with E-state index >= 15 is 0 Å². The van der Waals surface area contributed by atoms with Gasteiger partial charge in [-0.05, 0) is 11.4 Å². The molecular weight excluding hydrogens is 258 g/mol. The van der Waals surface area contributed by atoms with Crippen molar-refractivity contribution in [3.63, 3.8) is 0 Å². The van der Waals surface area contributed by atoms with Crippen molar-refractivity contribution in [3.8, 4) is 5.88 Å². The molecule has 0 atom stereocenters. The number of rotatable bonds is 5. The number of hydrogen-bond acceptors (Lipinski definition) is 4. The molecule has 0 bridgehead atoms. The number of nitrogens with zero attached hydrogens (tertiary/aromatic N) is 1. The van der Waals surface area contributed by atoms with E-state index in [-0.39, 0.29) is 11.7 Å². The lowest BCUT2D eigenvalue weighted by Gasteiger charge is -2.08. The van der Waals surface area contributed by atoms with Gasteiger partial charge in [0.2, 0.25) is 0 Å². The number of hydrogen-bond donors (Lipinski definition) is 1. The van der Waals surface area contributed by atoms with Gasteiger partial charge < -0.3 is 10.1 Å². The highest BCUT2D eigenvalue weighted by molar-refractivity contribution is 7.09. The van der Waals surface area contributed by atoms with Crippen molar-refractivity contribution in [2.24, 2.45) is 0 Å². The molecule has 0 aliphatic rings. The average molecular weight is 270 g/mol. The van der Waals surface area contributed by atoms with Gasteiger partial charge in [-0.15, -0.1) is 11.3 Å². The Morgan fingerprint density at radius 1 is 1.39 bits per heavy atom. The van der Waals surface area contributed by atoms with Gasteiger partial charge in [-0.25, -0.2) is 8.78 Å². The van der Waals surface area contributed by atoms with Crippen molar-refractivity contribution in [1.82, 2.24) is 4.98 Å². The quantitative estimate of drug-likeness (QED) is 0.906. The standard InChI is InChI=1S/C12H12F2N2OS/c1-15-11-9(13)7-10(14)12(16-11)17-5-4-8-3-2-6-18-8/h2-3,6-7H,4-5H2,1H3,(H,15,16). The average Bonchev–Trinajstić information content (AvgIpc) is 2.85. The molecule has 6 heteroatoms. The Morgan fingerprint density at radius 2 is 2.22 bits per heavy atom. The second kappa shape index (κ2) is 5.77. The minimum atomic E-state index is -0.794. The molecule has 0 amide bonds. The summed E-state index contributed by atoms with van der Waals surface area (Å²) in [6.07, 6.45) is 0.672. The number of halogens is 2. The number of anilines is 1. The molecule has 0 saturated carbocycles. The normalized spacial score (nSPS) is 10.4. The first-order chi connectivity index (χ1) is 8.70. The summed E-state index contributed by atoms with van der Waals surface area (Å²) in [5, 5.41) is 4.50. The van der Waals surface area contributed by atoms with Crippen LogP contribution in [-0.2, 0) is 6.42 Å². The molecule has 0 aliphatic carbocycles. The van der Waals surface area contributed by atoms with E-state index in [1.54, 1.807) is 11.3 Å². The molecule has 1 N–H and O–H groups in total. The Hall–Kier alpha value is -1.69. The highest BCUT2D eigenvalue weighted by atomic mass is 32.1. The largest absolute Gasteiger partial charge is 0.475 e.